The maximum Gasteiger partial charge on any atom is 0.0727 e. The van der Waals surface area contributed by atoms with E-state index in [0.29, 0.717) is 0 Å². The van der Waals surface area contributed by atoms with Crippen molar-refractivity contribution in [2.45, 2.75) is 46.3 Å². The highest BCUT2D eigenvalue weighted by molar-refractivity contribution is 4.81. The lowest BCUT2D eigenvalue weighted by Crippen LogP contribution is -2.33. The molecule has 0 aromatic heterocycles. The summed E-state index contributed by atoms with van der Waals surface area (Å²) in [4.78, 5) is 0. The summed E-state index contributed by atoms with van der Waals surface area (Å²) in [5.74, 6) is 0. The second-order valence-electron chi connectivity index (χ2n) is 2.10. The number of aliphatic hydroxyl groups is 2. The fourth-order valence-electron chi connectivity index (χ4n) is 0.940. The molecule has 12 heavy (non-hydrogen) atoms. The van der Waals surface area contributed by atoms with Crippen molar-refractivity contribution in [2.75, 3.05) is 13.2 Å². The number of aliphatic hydroxyl groups excluding tert-OH is 2. The first-order valence-corrected chi connectivity index (χ1v) is 4.87. The van der Waals surface area contributed by atoms with Crippen LogP contribution in [0.5, 0.6) is 0 Å². The molecule has 3 heteroatoms. The van der Waals surface area contributed by atoms with E-state index in [2.05, 4.69) is 5.32 Å². The molecular formula is C9H23NO2. The minimum atomic E-state index is -0.333. The van der Waals surface area contributed by atoms with E-state index in [1.54, 1.807) is 0 Å². The average Bonchev–Trinajstić information content (AvgIpc) is 2.58. The van der Waals surface area contributed by atoms with E-state index in [9.17, 15) is 0 Å². The molecule has 0 radical (unpaired) electrons. The van der Waals surface area contributed by atoms with Gasteiger partial charge in [0.05, 0.1) is 18.8 Å². The van der Waals surface area contributed by atoms with E-state index in [1.165, 1.54) is 0 Å². The lowest BCUT2D eigenvalue weighted by molar-refractivity contribution is 0.121. The summed E-state index contributed by atoms with van der Waals surface area (Å²) in [6, 6.07) is -0.0741. The molecule has 3 N–H and O–H groups in total. The summed E-state index contributed by atoms with van der Waals surface area (Å²) in [6.07, 6.45) is 0.436. The molecule has 0 saturated carbocycles. The third-order valence-electron chi connectivity index (χ3n) is 1.51. The molecule has 0 amide bonds. The first-order chi connectivity index (χ1) is 5.84. The second kappa shape index (κ2) is 10.9. The van der Waals surface area contributed by atoms with Crippen molar-refractivity contribution in [2.24, 2.45) is 0 Å². The van der Waals surface area contributed by atoms with Gasteiger partial charge in [0.25, 0.3) is 0 Å². The van der Waals surface area contributed by atoms with Gasteiger partial charge >= 0.3 is 0 Å². The SMILES string of the molecule is CC.CC.OCC1NCCC1O. The smallest absolute Gasteiger partial charge is 0.0727 e. The zero-order valence-corrected chi connectivity index (χ0v) is 8.67. The predicted octanol–water partition coefficient (Wildman–Crippen LogP) is 0.754. The second-order valence-corrected chi connectivity index (χ2v) is 2.10. The van der Waals surface area contributed by atoms with Crippen LogP contribution in [0.3, 0.4) is 0 Å². The van der Waals surface area contributed by atoms with Crippen molar-refractivity contribution < 1.29 is 10.2 Å². The maximum atomic E-state index is 8.97. The van der Waals surface area contributed by atoms with Gasteiger partial charge in [-0.2, -0.15) is 0 Å². The number of rotatable bonds is 1. The van der Waals surface area contributed by atoms with Crippen LogP contribution in [0.2, 0.25) is 0 Å². The van der Waals surface area contributed by atoms with Crippen LogP contribution in [0.15, 0.2) is 0 Å². The molecule has 2 atom stereocenters. The first kappa shape index (κ1) is 14.4. The third kappa shape index (κ3) is 5.52. The topological polar surface area (TPSA) is 52.5 Å². The molecule has 1 aliphatic rings. The van der Waals surface area contributed by atoms with Crippen LogP contribution in [0.1, 0.15) is 34.1 Å². The Morgan fingerprint density at radius 3 is 1.92 bits per heavy atom. The van der Waals surface area contributed by atoms with Crippen LogP contribution in [0, 0.1) is 0 Å². The minimum Gasteiger partial charge on any atom is -0.395 e. The zero-order valence-electron chi connectivity index (χ0n) is 8.67. The molecule has 1 fully saturated rings. The average molecular weight is 177 g/mol. The van der Waals surface area contributed by atoms with Crippen molar-refractivity contribution in [1.82, 2.24) is 5.32 Å². The quantitative estimate of drug-likeness (QED) is 0.554. The molecule has 0 bridgehead atoms. The number of hydrogen-bond donors (Lipinski definition) is 3. The fraction of sp³-hybridized carbons (Fsp3) is 1.00. The molecular weight excluding hydrogens is 154 g/mol. The Bertz CT molecular complexity index is 78.9. The molecule has 1 rings (SSSR count). The van der Waals surface area contributed by atoms with Crippen LogP contribution in [0.25, 0.3) is 0 Å². The molecule has 76 valence electrons. The van der Waals surface area contributed by atoms with E-state index in [4.69, 9.17) is 10.2 Å². The standard InChI is InChI=1S/C5H11NO2.2C2H6/c7-3-4-5(8)1-2-6-4;2*1-2/h4-8H,1-3H2;2*1-2H3. The van der Waals surface area contributed by atoms with Crippen molar-refractivity contribution in [1.29, 1.82) is 0 Å². The summed E-state index contributed by atoms with van der Waals surface area (Å²) in [5.41, 5.74) is 0. The van der Waals surface area contributed by atoms with Gasteiger partial charge < -0.3 is 15.5 Å². The van der Waals surface area contributed by atoms with Gasteiger partial charge in [-0.25, -0.2) is 0 Å². The molecule has 0 aromatic carbocycles. The molecule has 1 aliphatic heterocycles. The van der Waals surface area contributed by atoms with Gasteiger partial charge in [0.1, 0.15) is 0 Å². The van der Waals surface area contributed by atoms with Gasteiger partial charge in [-0.1, -0.05) is 27.7 Å². The molecule has 2 unspecified atom stereocenters. The van der Waals surface area contributed by atoms with Crippen LogP contribution in [0.4, 0.5) is 0 Å². The molecule has 0 aliphatic carbocycles. The maximum absolute atomic E-state index is 8.97. The highest BCUT2D eigenvalue weighted by atomic mass is 16.3. The van der Waals surface area contributed by atoms with Crippen molar-refractivity contribution in [3.05, 3.63) is 0 Å². The Balaban J connectivity index is 0. The summed E-state index contributed by atoms with van der Waals surface area (Å²) < 4.78 is 0. The van der Waals surface area contributed by atoms with Crippen molar-refractivity contribution in [3.8, 4) is 0 Å². The Labute approximate surface area is 75.8 Å². The Kier molecular flexibility index (Phi) is 13.1. The van der Waals surface area contributed by atoms with Gasteiger partial charge in [-0.15, -0.1) is 0 Å². The highest BCUT2D eigenvalue weighted by Gasteiger charge is 2.22. The van der Waals surface area contributed by atoms with Crippen LogP contribution in [-0.4, -0.2) is 35.5 Å². The van der Waals surface area contributed by atoms with Gasteiger partial charge in [0, 0.05) is 0 Å². The van der Waals surface area contributed by atoms with E-state index >= 15 is 0 Å². The molecule has 3 nitrogen and oxygen atoms in total. The first-order valence-electron chi connectivity index (χ1n) is 4.87. The van der Waals surface area contributed by atoms with Crippen molar-refractivity contribution in [3.63, 3.8) is 0 Å². The predicted molar refractivity (Wildman–Crippen MR) is 52.2 cm³/mol. The largest absolute Gasteiger partial charge is 0.395 e. The monoisotopic (exact) mass is 177 g/mol. The number of nitrogens with one attached hydrogen (secondary N) is 1. The summed E-state index contributed by atoms with van der Waals surface area (Å²) in [7, 11) is 0. The number of hydrogen-bond acceptors (Lipinski definition) is 3. The van der Waals surface area contributed by atoms with Gasteiger partial charge in [-0.3, -0.25) is 0 Å². The molecule has 0 spiro atoms. The highest BCUT2D eigenvalue weighted by Crippen LogP contribution is 2.04. The van der Waals surface area contributed by atoms with Gasteiger partial charge in [0.15, 0.2) is 0 Å². The van der Waals surface area contributed by atoms with E-state index in [1.807, 2.05) is 27.7 Å². The molecule has 1 heterocycles. The van der Waals surface area contributed by atoms with Crippen LogP contribution < -0.4 is 5.32 Å². The summed E-state index contributed by atoms with van der Waals surface area (Å²) in [5, 5.41) is 20.4. The summed E-state index contributed by atoms with van der Waals surface area (Å²) >= 11 is 0. The summed E-state index contributed by atoms with van der Waals surface area (Å²) in [6.45, 7) is 8.87. The normalized spacial score (nSPS) is 26.5. The van der Waals surface area contributed by atoms with E-state index in [0.717, 1.165) is 13.0 Å². The van der Waals surface area contributed by atoms with Crippen LogP contribution >= 0.6 is 0 Å². The lowest BCUT2D eigenvalue weighted by atomic mass is 10.2. The Morgan fingerprint density at radius 2 is 1.75 bits per heavy atom. The van der Waals surface area contributed by atoms with Crippen LogP contribution in [-0.2, 0) is 0 Å². The third-order valence-corrected chi connectivity index (χ3v) is 1.51. The van der Waals surface area contributed by atoms with E-state index in [-0.39, 0.29) is 18.8 Å². The Morgan fingerprint density at radius 1 is 1.25 bits per heavy atom. The van der Waals surface area contributed by atoms with Gasteiger partial charge in [0.2, 0.25) is 0 Å². The Hall–Kier alpha value is -0.120. The lowest BCUT2D eigenvalue weighted by Gasteiger charge is -2.09. The molecule has 0 aromatic rings. The zero-order chi connectivity index (χ0) is 9.98. The molecule has 1 saturated heterocycles. The van der Waals surface area contributed by atoms with E-state index < -0.39 is 0 Å². The van der Waals surface area contributed by atoms with Gasteiger partial charge in [-0.05, 0) is 13.0 Å². The minimum absolute atomic E-state index is 0.0428. The fourth-order valence-corrected chi connectivity index (χ4v) is 0.940. The van der Waals surface area contributed by atoms with Crippen molar-refractivity contribution >= 4 is 0 Å².